The average Bonchev–Trinajstić information content (AvgIpc) is 2.78. The van der Waals surface area contributed by atoms with Gasteiger partial charge < -0.3 is 14.7 Å². The minimum Gasteiger partial charge on any atom is -0.372 e. The highest BCUT2D eigenvalue weighted by atomic mass is 15.1. The van der Waals surface area contributed by atoms with Gasteiger partial charge in [-0.1, -0.05) is 0 Å². The van der Waals surface area contributed by atoms with E-state index in [4.69, 9.17) is 0 Å². The van der Waals surface area contributed by atoms with Gasteiger partial charge in [0.05, 0.1) is 0 Å². The molecule has 1 aliphatic rings. The van der Waals surface area contributed by atoms with E-state index < -0.39 is 0 Å². The minimum atomic E-state index is 0.152. The molecule has 0 spiro atoms. The third-order valence-electron chi connectivity index (χ3n) is 5.95. The number of allylic oxidation sites excluding steroid dienone is 1. The Balaban J connectivity index is 2.32. The summed E-state index contributed by atoms with van der Waals surface area (Å²) >= 11 is 0. The molecule has 0 bridgehead atoms. The predicted octanol–water partition coefficient (Wildman–Crippen LogP) is 5.31. The monoisotopic (exact) mass is 399 g/mol. The van der Waals surface area contributed by atoms with Crippen molar-refractivity contribution in [3.05, 3.63) is 53.1 Å². The molecule has 3 rings (SSSR count). The second kappa shape index (κ2) is 8.93. The summed E-state index contributed by atoms with van der Waals surface area (Å²) in [4.78, 5) is 6.70. The molecular weight excluding hydrogens is 370 g/mol. The third kappa shape index (κ3) is 3.48. The number of nitriles is 2. The van der Waals surface area contributed by atoms with Crippen molar-refractivity contribution >= 4 is 28.3 Å². The zero-order chi connectivity index (χ0) is 21.8. The molecule has 30 heavy (non-hydrogen) atoms. The van der Waals surface area contributed by atoms with Crippen molar-refractivity contribution in [3.63, 3.8) is 0 Å². The van der Waals surface area contributed by atoms with Crippen molar-refractivity contribution < 1.29 is 0 Å². The first-order valence-electron chi connectivity index (χ1n) is 10.6. The Labute approximate surface area is 180 Å². The standard InChI is InChI=1S/C25H29N5/c1-6-29(7-2)19-10-12-23-21(14-19)25(18(16-26)17-27)22-15-20(30(8-3)9-4)11-13-24(22)28(23)5/h10-15H,6-9H2,1-5H3. The molecule has 1 heterocycles. The summed E-state index contributed by atoms with van der Waals surface area (Å²) in [5, 5.41) is 19.5. The largest absolute Gasteiger partial charge is 0.372 e. The maximum atomic E-state index is 9.77. The quantitative estimate of drug-likeness (QED) is 0.616. The van der Waals surface area contributed by atoms with Gasteiger partial charge in [-0.3, -0.25) is 0 Å². The van der Waals surface area contributed by atoms with Gasteiger partial charge in [0.25, 0.3) is 0 Å². The first-order chi connectivity index (χ1) is 14.5. The van der Waals surface area contributed by atoms with Crippen LogP contribution in [0.5, 0.6) is 0 Å². The first-order valence-corrected chi connectivity index (χ1v) is 10.6. The van der Waals surface area contributed by atoms with Crippen LogP contribution in [0.1, 0.15) is 38.8 Å². The Morgan fingerprint density at radius 3 is 1.50 bits per heavy atom. The van der Waals surface area contributed by atoms with Crippen molar-refractivity contribution in [1.82, 2.24) is 0 Å². The van der Waals surface area contributed by atoms with E-state index in [0.717, 1.165) is 65.6 Å². The van der Waals surface area contributed by atoms with Crippen LogP contribution < -0.4 is 14.7 Å². The molecule has 5 nitrogen and oxygen atoms in total. The number of fused-ring (bicyclic) bond motifs is 2. The molecule has 0 atom stereocenters. The van der Waals surface area contributed by atoms with Crippen LogP contribution in [0.4, 0.5) is 22.7 Å². The lowest BCUT2D eigenvalue weighted by Crippen LogP contribution is -2.24. The molecule has 0 aromatic heterocycles. The van der Waals surface area contributed by atoms with Gasteiger partial charge in [0, 0.05) is 72.7 Å². The Hall–Kier alpha value is -3.44. The van der Waals surface area contributed by atoms with Crippen molar-refractivity contribution in [2.24, 2.45) is 0 Å². The molecular formula is C25H29N5. The van der Waals surface area contributed by atoms with Gasteiger partial charge >= 0.3 is 0 Å². The van der Waals surface area contributed by atoms with Gasteiger partial charge in [0.15, 0.2) is 0 Å². The van der Waals surface area contributed by atoms with Crippen LogP contribution in [0.15, 0.2) is 42.0 Å². The van der Waals surface area contributed by atoms with E-state index in [0.29, 0.717) is 0 Å². The molecule has 0 saturated heterocycles. The molecule has 0 N–H and O–H groups in total. The maximum absolute atomic E-state index is 9.77. The van der Waals surface area contributed by atoms with Gasteiger partial charge in [0.2, 0.25) is 0 Å². The lowest BCUT2D eigenvalue weighted by atomic mass is 9.86. The first kappa shape index (κ1) is 21.3. The van der Waals surface area contributed by atoms with E-state index >= 15 is 0 Å². The fourth-order valence-electron chi connectivity index (χ4n) is 4.29. The van der Waals surface area contributed by atoms with Crippen LogP contribution in [0, 0.1) is 22.7 Å². The van der Waals surface area contributed by atoms with Crippen molar-refractivity contribution in [2.75, 3.05) is 47.9 Å². The van der Waals surface area contributed by atoms with E-state index in [-0.39, 0.29) is 5.57 Å². The maximum Gasteiger partial charge on any atom is 0.138 e. The summed E-state index contributed by atoms with van der Waals surface area (Å²) in [6, 6.07) is 17.0. The Morgan fingerprint density at radius 2 is 1.17 bits per heavy atom. The fraction of sp³-hybridized carbons (Fsp3) is 0.360. The van der Waals surface area contributed by atoms with Crippen LogP contribution in [-0.4, -0.2) is 33.2 Å². The Bertz CT molecular complexity index is 965. The lowest BCUT2D eigenvalue weighted by Gasteiger charge is -2.34. The highest BCUT2D eigenvalue weighted by Crippen LogP contribution is 2.47. The van der Waals surface area contributed by atoms with Gasteiger partial charge in [-0.05, 0) is 64.1 Å². The fourth-order valence-corrected chi connectivity index (χ4v) is 4.29. The van der Waals surface area contributed by atoms with Gasteiger partial charge in [-0.15, -0.1) is 0 Å². The summed E-state index contributed by atoms with van der Waals surface area (Å²) in [5.74, 6) is 0. The van der Waals surface area contributed by atoms with E-state index in [1.165, 1.54) is 0 Å². The van der Waals surface area contributed by atoms with Crippen LogP contribution >= 0.6 is 0 Å². The summed E-state index contributed by atoms with van der Waals surface area (Å²) < 4.78 is 0. The van der Waals surface area contributed by atoms with Gasteiger partial charge in [-0.2, -0.15) is 10.5 Å². The molecule has 0 fully saturated rings. The Morgan fingerprint density at radius 1 is 0.767 bits per heavy atom. The van der Waals surface area contributed by atoms with E-state index in [1.54, 1.807) is 0 Å². The van der Waals surface area contributed by atoms with Crippen molar-refractivity contribution in [3.8, 4) is 12.1 Å². The number of hydrogen-bond acceptors (Lipinski definition) is 5. The van der Waals surface area contributed by atoms with Crippen LogP contribution in [0.25, 0.3) is 5.57 Å². The second-order valence-electron chi connectivity index (χ2n) is 7.28. The predicted molar refractivity (Wildman–Crippen MR) is 125 cm³/mol. The SMILES string of the molecule is CCN(CC)c1ccc2c(c1)C(=C(C#N)C#N)c1cc(N(CC)CC)ccc1N2C. The summed E-state index contributed by atoms with van der Waals surface area (Å²) in [6.07, 6.45) is 0. The zero-order valence-corrected chi connectivity index (χ0v) is 18.5. The number of rotatable bonds is 6. The average molecular weight is 400 g/mol. The number of anilines is 4. The summed E-state index contributed by atoms with van der Waals surface area (Å²) in [6.45, 7) is 12.1. The van der Waals surface area contributed by atoms with Crippen LogP contribution in [-0.2, 0) is 0 Å². The van der Waals surface area contributed by atoms with Crippen molar-refractivity contribution in [2.45, 2.75) is 27.7 Å². The smallest absolute Gasteiger partial charge is 0.138 e. The zero-order valence-electron chi connectivity index (χ0n) is 18.5. The molecule has 154 valence electrons. The van der Waals surface area contributed by atoms with E-state index in [9.17, 15) is 10.5 Å². The molecule has 0 aliphatic carbocycles. The molecule has 2 aromatic rings. The molecule has 2 aromatic carbocycles. The minimum absolute atomic E-state index is 0.152. The summed E-state index contributed by atoms with van der Waals surface area (Å²) in [7, 11) is 2.04. The van der Waals surface area contributed by atoms with Crippen molar-refractivity contribution in [1.29, 1.82) is 10.5 Å². The molecule has 0 saturated carbocycles. The van der Waals surface area contributed by atoms with Gasteiger partial charge in [0.1, 0.15) is 17.7 Å². The highest BCUT2D eigenvalue weighted by molar-refractivity contribution is 6.02. The number of nitrogens with zero attached hydrogens (tertiary/aromatic N) is 5. The molecule has 5 heteroatoms. The highest BCUT2D eigenvalue weighted by Gasteiger charge is 2.28. The third-order valence-corrected chi connectivity index (χ3v) is 5.95. The molecule has 0 radical (unpaired) electrons. The molecule has 0 amide bonds. The van der Waals surface area contributed by atoms with Gasteiger partial charge in [-0.25, -0.2) is 0 Å². The number of benzene rings is 2. The molecule has 1 aliphatic heterocycles. The van der Waals surface area contributed by atoms with E-state index in [2.05, 4.69) is 90.9 Å². The topological polar surface area (TPSA) is 57.3 Å². The number of hydrogen-bond donors (Lipinski definition) is 0. The Kier molecular flexibility index (Phi) is 6.33. The van der Waals surface area contributed by atoms with Crippen LogP contribution in [0.3, 0.4) is 0 Å². The van der Waals surface area contributed by atoms with Crippen LogP contribution in [0.2, 0.25) is 0 Å². The second-order valence-corrected chi connectivity index (χ2v) is 7.28. The van der Waals surface area contributed by atoms with E-state index in [1.807, 2.05) is 7.05 Å². The summed E-state index contributed by atoms with van der Waals surface area (Å²) in [5.41, 5.74) is 6.96. The lowest BCUT2D eigenvalue weighted by molar-refractivity contribution is 0.865. The molecule has 0 unspecified atom stereocenters. The normalized spacial score (nSPS) is 11.8.